The summed E-state index contributed by atoms with van der Waals surface area (Å²) in [5, 5.41) is 21.1. The van der Waals surface area contributed by atoms with Crippen LogP contribution in [0, 0.1) is 23.7 Å². The molecule has 2 aliphatic carbocycles. The molecule has 0 aromatic rings. The number of nitrogens with one attached hydrogen (secondary N) is 1. The van der Waals surface area contributed by atoms with Crippen molar-refractivity contribution < 1.29 is 19.8 Å². The van der Waals surface area contributed by atoms with Gasteiger partial charge in [-0.2, -0.15) is 0 Å². The summed E-state index contributed by atoms with van der Waals surface area (Å²) in [6.07, 6.45) is 12.3. The third-order valence-electron chi connectivity index (χ3n) is 5.83. The van der Waals surface area contributed by atoms with E-state index in [9.17, 15) is 14.7 Å². The number of carbonyl (C=O) groups excluding carboxylic acids is 1. The lowest BCUT2D eigenvalue weighted by Crippen LogP contribution is -2.30. The number of carbonyl (C=O) groups is 2. The van der Waals surface area contributed by atoms with Gasteiger partial charge in [-0.1, -0.05) is 32.1 Å². The van der Waals surface area contributed by atoms with Crippen molar-refractivity contribution in [2.45, 2.75) is 64.9 Å². The summed E-state index contributed by atoms with van der Waals surface area (Å²) in [5.41, 5.74) is 1.48. The van der Waals surface area contributed by atoms with E-state index in [1.807, 2.05) is 0 Å². The lowest BCUT2D eigenvalue weighted by atomic mass is 9.66. The van der Waals surface area contributed by atoms with Crippen molar-refractivity contribution in [2.75, 3.05) is 6.54 Å². The van der Waals surface area contributed by atoms with Crippen LogP contribution in [0.4, 0.5) is 0 Å². The smallest absolute Gasteiger partial charge is 0.322 e. The number of allylic oxidation sites excluding steroid dienone is 4. The van der Waals surface area contributed by atoms with E-state index in [1.165, 1.54) is 18.4 Å². The van der Waals surface area contributed by atoms with E-state index in [2.05, 4.69) is 37.4 Å². The summed E-state index contributed by atoms with van der Waals surface area (Å²) < 4.78 is 0. The second-order valence-corrected chi connectivity index (χ2v) is 8.00. The Balaban J connectivity index is 1.72. The monoisotopic (exact) mass is 363 g/mol. The quantitative estimate of drug-likeness (QED) is 0.587. The Bertz CT molecular complexity index is 554. The first-order valence-corrected chi connectivity index (χ1v) is 9.93. The number of aliphatic hydroxyl groups is 1. The van der Waals surface area contributed by atoms with Crippen LogP contribution in [0.5, 0.6) is 0 Å². The number of fused-ring (bicyclic) bond motifs is 1. The molecule has 0 spiro atoms. The first kappa shape index (κ1) is 20.7. The Morgan fingerprint density at radius 1 is 1.27 bits per heavy atom. The molecule has 4 unspecified atom stereocenters. The van der Waals surface area contributed by atoms with Crippen molar-refractivity contribution in [3.05, 3.63) is 23.8 Å². The molecule has 0 aliphatic heterocycles. The van der Waals surface area contributed by atoms with Gasteiger partial charge in [-0.05, 0) is 67.8 Å². The van der Waals surface area contributed by atoms with Crippen molar-refractivity contribution in [3.63, 3.8) is 0 Å². The van der Waals surface area contributed by atoms with E-state index in [1.54, 1.807) is 0 Å². The molecule has 3 N–H and O–H groups in total. The van der Waals surface area contributed by atoms with Crippen LogP contribution >= 0.6 is 0 Å². The van der Waals surface area contributed by atoms with Gasteiger partial charge in [-0.25, -0.2) is 0 Å². The molecule has 5 atom stereocenters. The largest absolute Gasteiger partial charge is 0.480 e. The Kier molecular flexibility index (Phi) is 7.88. The van der Waals surface area contributed by atoms with E-state index < -0.39 is 12.1 Å². The summed E-state index contributed by atoms with van der Waals surface area (Å²) in [7, 11) is 0. The van der Waals surface area contributed by atoms with Crippen LogP contribution in [0.3, 0.4) is 0 Å². The molecule has 5 nitrogen and oxygen atoms in total. The minimum atomic E-state index is -1.04. The fraction of sp³-hybridized carbons (Fsp3) is 0.714. The Hall–Kier alpha value is -1.62. The predicted molar refractivity (Wildman–Crippen MR) is 102 cm³/mol. The minimum absolute atomic E-state index is 0.264. The van der Waals surface area contributed by atoms with Gasteiger partial charge in [0, 0.05) is 6.42 Å². The van der Waals surface area contributed by atoms with E-state index in [0.717, 1.165) is 12.8 Å². The number of carboxylic acid groups (broad SMARTS) is 1. The number of rotatable bonds is 9. The van der Waals surface area contributed by atoms with Crippen molar-refractivity contribution in [3.8, 4) is 0 Å². The van der Waals surface area contributed by atoms with Crippen LogP contribution in [0.15, 0.2) is 23.8 Å². The SMILES string of the molecule is CC1C=CC2=C[C@H](C)CCC2C1CCC(O)CCCC(=O)NCC(=O)O. The van der Waals surface area contributed by atoms with Crippen LogP contribution in [0.25, 0.3) is 0 Å². The molecule has 2 aliphatic rings. The Morgan fingerprint density at radius 2 is 2.04 bits per heavy atom. The maximum absolute atomic E-state index is 11.5. The lowest BCUT2D eigenvalue weighted by molar-refractivity contribution is -0.138. The Labute approximate surface area is 156 Å². The molecule has 0 fully saturated rings. The lowest BCUT2D eigenvalue weighted by Gasteiger charge is -2.38. The standard InChI is InChI=1S/C21H33NO4/c1-14-6-10-19-16(12-14)8-7-15(2)18(19)11-9-17(23)4-3-5-20(24)22-13-21(25)26/h7-8,12,14-15,17-19,23H,3-6,9-11,13H2,1-2H3,(H,22,24)(H,25,26)/t14-,15?,17?,18?,19?/m1/s1. The molecule has 146 valence electrons. The van der Waals surface area contributed by atoms with Crippen LogP contribution < -0.4 is 5.32 Å². The highest BCUT2D eigenvalue weighted by atomic mass is 16.4. The summed E-state index contributed by atoms with van der Waals surface area (Å²) in [6.45, 7) is 4.21. The first-order valence-electron chi connectivity index (χ1n) is 9.93. The molecule has 0 aromatic heterocycles. The molecular weight excluding hydrogens is 330 g/mol. The van der Waals surface area contributed by atoms with Gasteiger partial charge >= 0.3 is 5.97 Å². The van der Waals surface area contributed by atoms with Gasteiger partial charge in [0.05, 0.1) is 6.10 Å². The van der Waals surface area contributed by atoms with Gasteiger partial charge in [0.15, 0.2) is 0 Å². The van der Waals surface area contributed by atoms with Crippen molar-refractivity contribution in [2.24, 2.45) is 23.7 Å². The zero-order valence-corrected chi connectivity index (χ0v) is 16.0. The van der Waals surface area contributed by atoms with Gasteiger partial charge < -0.3 is 15.5 Å². The number of amides is 1. The number of carboxylic acids is 1. The van der Waals surface area contributed by atoms with Gasteiger partial charge in [-0.15, -0.1) is 0 Å². The third-order valence-corrected chi connectivity index (χ3v) is 5.83. The van der Waals surface area contributed by atoms with Gasteiger partial charge in [-0.3, -0.25) is 9.59 Å². The maximum atomic E-state index is 11.5. The topological polar surface area (TPSA) is 86.6 Å². The second kappa shape index (κ2) is 9.91. The van der Waals surface area contributed by atoms with Crippen LogP contribution in [-0.2, 0) is 9.59 Å². The normalized spacial score (nSPS) is 28.8. The maximum Gasteiger partial charge on any atom is 0.322 e. The minimum Gasteiger partial charge on any atom is -0.480 e. The van der Waals surface area contributed by atoms with E-state index >= 15 is 0 Å². The molecule has 5 heteroatoms. The highest BCUT2D eigenvalue weighted by Crippen LogP contribution is 2.43. The average molecular weight is 363 g/mol. The summed E-state index contributed by atoms with van der Waals surface area (Å²) in [4.78, 5) is 21.9. The average Bonchev–Trinajstić information content (AvgIpc) is 2.59. The van der Waals surface area contributed by atoms with E-state index in [-0.39, 0.29) is 18.9 Å². The fourth-order valence-corrected chi connectivity index (χ4v) is 4.31. The van der Waals surface area contributed by atoms with Gasteiger partial charge in [0.2, 0.25) is 5.91 Å². The van der Waals surface area contributed by atoms with Crippen molar-refractivity contribution in [1.82, 2.24) is 5.32 Å². The molecule has 0 aromatic carbocycles. The summed E-state index contributed by atoms with van der Waals surface area (Å²) in [5.74, 6) is 1.11. The first-order chi connectivity index (χ1) is 12.4. The molecule has 0 bridgehead atoms. The molecular formula is C21H33NO4. The van der Waals surface area contributed by atoms with E-state index in [4.69, 9.17) is 5.11 Å². The number of aliphatic carboxylic acids is 1. The number of hydrogen-bond donors (Lipinski definition) is 3. The third kappa shape index (κ3) is 6.27. The van der Waals surface area contributed by atoms with E-state index in [0.29, 0.717) is 36.5 Å². The van der Waals surface area contributed by atoms with Crippen LogP contribution in [-0.4, -0.2) is 34.7 Å². The highest BCUT2D eigenvalue weighted by molar-refractivity contribution is 5.80. The highest BCUT2D eigenvalue weighted by Gasteiger charge is 2.33. The number of aliphatic hydroxyl groups excluding tert-OH is 1. The van der Waals surface area contributed by atoms with Crippen molar-refractivity contribution in [1.29, 1.82) is 0 Å². The molecule has 0 saturated heterocycles. The zero-order valence-electron chi connectivity index (χ0n) is 16.0. The molecule has 1 amide bonds. The molecule has 0 saturated carbocycles. The molecule has 0 heterocycles. The van der Waals surface area contributed by atoms with Gasteiger partial charge in [0.1, 0.15) is 6.54 Å². The van der Waals surface area contributed by atoms with Crippen LogP contribution in [0.1, 0.15) is 58.8 Å². The predicted octanol–water partition coefficient (Wildman–Crippen LogP) is 3.29. The number of hydrogen-bond acceptors (Lipinski definition) is 3. The molecule has 0 radical (unpaired) electrons. The molecule has 26 heavy (non-hydrogen) atoms. The zero-order chi connectivity index (χ0) is 19.1. The fourth-order valence-electron chi connectivity index (χ4n) is 4.31. The second-order valence-electron chi connectivity index (χ2n) is 8.00. The van der Waals surface area contributed by atoms with Crippen molar-refractivity contribution >= 4 is 11.9 Å². The molecule has 2 rings (SSSR count). The van der Waals surface area contributed by atoms with Gasteiger partial charge in [0.25, 0.3) is 0 Å². The Morgan fingerprint density at radius 3 is 2.77 bits per heavy atom. The summed E-state index contributed by atoms with van der Waals surface area (Å²) >= 11 is 0. The summed E-state index contributed by atoms with van der Waals surface area (Å²) in [6, 6.07) is 0. The van der Waals surface area contributed by atoms with Crippen LogP contribution in [0.2, 0.25) is 0 Å².